The second kappa shape index (κ2) is 11.7. The minimum atomic E-state index is -0.779. The lowest BCUT2D eigenvalue weighted by molar-refractivity contribution is -0.143. The highest BCUT2D eigenvalue weighted by atomic mass is 31.2. The summed E-state index contributed by atoms with van der Waals surface area (Å²) in [4.78, 5) is 0. The standard InChI is InChI=1S/C11H25O4P/c1-5-8-14-11(15-9-6-2)7-10-16(12-3)13-4/h11H,5-10H2,1-4H3. The van der Waals surface area contributed by atoms with Gasteiger partial charge in [0.2, 0.25) is 0 Å². The fourth-order valence-electron chi connectivity index (χ4n) is 1.18. The van der Waals surface area contributed by atoms with Crippen LogP contribution >= 0.6 is 8.38 Å². The third-order valence-electron chi connectivity index (χ3n) is 1.97. The monoisotopic (exact) mass is 252 g/mol. The lowest BCUT2D eigenvalue weighted by Crippen LogP contribution is -2.19. The Morgan fingerprint density at radius 3 is 1.81 bits per heavy atom. The quantitative estimate of drug-likeness (QED) is 0.418. The van der Waals surface area contributed by atoms with E-state index in [1.807, 2.05) is 0 Å². The predicted molar refractivity (Wildman–Crippen MR) is 66.7 cm³/mol. The van der Waals surface area contributed by atoms with Gasteiger partial charge in [-0.25, -0.2) is 0 Å². The fraction of sp³-hybridized carbons (Fsp3) is 1.00. The molecule has 0 heterocycles. The summed E-state index contributed by atoms with van der Waals surface area (Å²) in [7, 11) is 2.56. The van der Waals surface area contributed by atoms with Gasteiger partial charge in [-0.1, -0.05) is 13.8 Å². The zero-order chi connectivity index (χ0) is 12.2. The van der Waals surface area contributed by atoms with Gasteiger partial charge in [0.25, 0.3) is 0 Å². The third-order valence-corrected chi connectivity index (χ3v) is 3.41. The largest absolute Gasteiger partial charge is 0.353 e. The third kappa shape index (κ3) is 8.43. The fourth-order valence-corrected chi connectivity index (χ4v) is 2.12. The topological polar surface area (TPSA) is 36.9 Å². The van der Waals surface area contributed by atoms with Gasteiger partial charge in [-0.2, -0.15) is 0 Å². The first-order valence-electron chi connectivity index (χ1n) is 5.87. The van der Waals surface area contributed by atoms with E-state index in [1.165, 1.54) is 0 Å². The molecule has 0 aliphatic rings. The van der Waals surface area contributed by atoms with Crippen molar-refractivity contribution in [1.29, 1.82) is 0 Å². The Morgan fingerprint density at radius 2 is 1.44 bits per heavy atom. The van der Waals surface area contributed by atoms with Crippen molar-refractivity contribution < 1.29 is 18.5 Å². The highest BCUT2D eigenvalue weighted by molar-refractivity contribution is 7.47. The van der Waals surface area contributed by atoms with Crippen LogP contribution in [0.15, 0.2) is 0 Å². The van der Waals surface area contributed by atoms with E-state index in [0.717, 1.165) is 38.6 Å². The average Bonchev–Trinajstić information content (AvgIpc) is 2.32. The molecule has 0 radical (unpaired) electrons. The van der Waals surface area contributed by atoms with E-state index in [4.69, 9.17) is 18.5 Å². The van der Waals surface area contributed by atoms with Crippen LogP contribution in [0.5, 0.6) is 0 Å². The van der Waals surface area contributed by atoms with Gasteiger partial charge < -0.3 is 18.5 Å². The maximum Gasteiger partial charge on any atom is 0.170 e. The molecule has 0 saturated carbocycles. The highest BCUT2D eigenvalue weighted by Gasteiger charge is 2.13. The van der Waals surface area contributed by atoms with Crippen molar-refractivity contribution in [2.24, 2.45) is 0 Å². The minimum Gasteiger partial charge on any atom is -0.353 e. The lowest BCUT2D eigenvalue weighted by Gasteiger charge is -2.20. The number of rotatable bonds is 11. The van der Waals surface area contributed by atoms with E-state index < -0.39 is 8.38 Å². The molecule has 0 aliphatic carbocycles. The van der Waals surface area contributed by atoms with E-state index >= 15 is 0 Å². The highest BCUT2D eigenvalue weighted by Crippen LogP contribution is 2.37. The van der Waals surface area contributed by atoms with Gasteiger partial charge in [0.15, 0.2) is 14.7 Å². The first-order chi connectivity index (χ1) is 7.78. The van der Waals surface area contributed by atoms with Gasteiger partial charge >= 0.3 is 0 Å². The summed E-state index contributed by atoms with van der Waals surface area (Å²) in [6.07, 6.45) is 3.58. The molecule has 0 fully saturated rings. The summed E-state index contributed by atoms with van der Waals surface area (Å²) in [6.45, 7) is 5.67. The van der Waals surface area contributed by atoms with Crippen molar-refractivity contribution in [3.8, 4) is 0 Å². The van der Waals surface area contributed by atoms with Crippen LogP contribution < -0.4 is 0 Å². The zero-order valence-corrected chi connectivity index (χ0v) is 11.8. The van der Waals surface area contributed by atoms with Crippen molar-refractivity contribution >= 4 is 8.38 Å². The van der Waals surface area contributed by atoms with E-state index in [-0.39, 0.29) is 6.29 Å². The summed E-state index contributed by atoms with van der Waals surface area (Å²) in [5.74, 6) is 0. The first kappa shape index (κ1) is 16.3. The molecule has 0 unspecified atom stereocenters. The van der Waals surface area contributed by atoms with Gasteiger partial charge in [-0.15, -0.1) is 0 Å². The van der Waals surface area contributed by atoms with Crippen molar-refractivity contribution in [1.82, 2.24) is 0 Å². The molecule has 16 heavy (non-hydrogen) atoms. The Bertz CT molecular complexity index is 134. The van der Waals surface area contributed by atoms with Crippen LogP contribution in [0.2, 0.25) is 0 Å². The van der Waals surface area contributed by atoms with Crippen LogP contribution in [-0.2, 0) is 18.5 Å². The van der Waals surface area contributed by atoms with Gasteiger partial charge in [-0.3, -0.25) is 0 Å². The zero-order valence-electron chi connectivity index (χ0n) is 10.9. The molecule has 0 bridgehead atoms. The Balaban J connectivity index is 3.79. The summed E-state index contributed by atoms with van der Waals surface area (Å²) >= 11 is 0. The van der Waals surface area contributed by atoms with Gasteiger partial charge in [0.1, 0.15) is 0 Å². The van der Waals surface area contributed by atoms with E-state index in [9.17, 15) is 0 Å². The molecule has 0 aliphatic heterocycles. The maximum absolute atomic E-state index is 5.61. The van der Waals surface area contributed by atoms with Gasteiger partial charge in [-0.05, 0) is 12.8 Å². The Hall–Kier alpha value is 0.270. The molecule has 0 spiro atoms. The molecule has 0 aromatic heterocycles. The molecule has 0 atom stereocenters. The van der Waals surface area contributed by atoms with E-state index in [1.54, 1.807) is 14.2 Å². The average molecular weight is 252 g/mol. The van der Waals surface area contributed by atoms with Gasteiger partial charge in [0, 0.05) is 40.0 Å². The van der Waals surface area contributed by atoms with Crippen molar-refractivity contribution in [3.05, 3.63) is 0 Å². The molecule has 98 valence electrons. The molecular weight excluding hydrogens is 227 g/mol. The van der Waals surface area contributed by atoms with Crippen LogP contribution in [0.4, 0.5) is 0 Å². The normalized spacial score (nSPS) is 11.6. The summed E-state index contributed by atoms with van der Waals surface area (Å²) in [5, 5.41) is 0. The van der Waals surface area contributed by atoms with Crippen LogP contribution in [0.3, 0.4) is 0 Å². The van der Waals surface area contributed by atoms with E-state index in [0.29, 0.717) is 0 Å². The number of ether oxygens (including phenoxy) is 2. The molecule has 0 aromatic rings. The van der Waals surface area contributed by atoms with Crippen LogP contribution in [0, 0.1) is 0 Å². The molecule has 5 heteroatoms. The molecule has 0 aromatic carbocycles. The Kier molecular flexibility index (Phi) is 11.9. The molecule has 0 N–H and O–H groups in total. The summed E-state index contributed by atoms with van der Waals surface area (Å²) in [6, 6.07) is 0. The second-order valence-corrected chi connectivity index (χ2v) is 5.22. The number of hydrogen-bond donors (Lipinski definition) is 0. The SMILES string of the molecule is CCCOC(CCP(OC)OC)OCCC. The Morgan fingerprint density at radius 1 is 0.938 bits per heavy atom. The summed E-state index contributed by atoms with van der Waals surface area (Å²) < 4.78 is 21.6. The first-order valence-corrected chi connectivity index (χ1v) is 7.23. The minimum absolute atomic E-state index is 0.116. The molecule has 0 saturated heterocycles. The summed E-state index contributed by atoms with van der Waals surface area (Å²) in [5.41, 5.74) is 0. The van der Waals surface area contributed by atoms with E-state index in [2.05, 4.69) is 13.8 Å². The molecule has 4 nitrogen and oxygen atoms in total. The van der Waals surface area contributed by atoms with Gasteiger partial charge in [0.05, 0.1) is 0 Å². The maximum atomic E-state index is 5.61. The molecule has 0 amide bonds. The number of hydrogen-bond acceptors (Lipinski definition) is 4. The van der Waals surface area contributed by atoms with Crippen molar-refractivity contribution in [2.45, 2.75) is 39.4 Å². The van der Waals surface area contributed by atoms with Crippen LogP contribution in [-0.4, -0.2) is 39.9 Å². The van der Waals surface area contributed by atoms with Crippen LogP contribution in [0.25, 0.3) is 0 Å². The second-order valence-electron chi connectivity index (χ2n) is 3.38. The lowest BCUT2D eigenvalue weighted by atomic mass is 10.4. The predicted octanol–water partition coefficient (Wildman–Crippen LogP) is 3.16. The molecular formula is C11H25O4P. The van der Waals surface area contributed by atoms with Crippen molar-refractivity contribution in [3.63, 3.8) is 0 Å². The molecule has 0 rings (SSSR count). The smallest absolute Gasteiger partial charge is 0.170 e. The van der Waals surface area contributed by atoms with Crippen molar-refractivity contribution in [2.75, 3.05) is 33.6 Å². The Labute approximate surface area is 101 Å². The van der Waals surface area contributed by atoms with Crippen LogP contribution in [0.1, 0.15) is 33.1 Å².